The molecule has 0 unspecified atom stereocenters. The van der Waals surface area contributed by atoms with Crippen LogP contribution in [0.4, 0.5) is 0 Å². The van der Waals surface area contributed by atoms with E-state index in [2.05, 4.69) is 0 Å². The third kappa shape index (κ3) is 4.13. The van der Waals surface area contributed by atoms with Gasteiger partial charge in [-0.2, -0.15) is 0 Å². The van der Waals surface area contributed by atoms with Gasteiger partial charge in [-0.1, -0.05) is 30.3 Å². The van der Waals surface area contributed by atoms with Crippen LogP contribution in [0.1, 0.15) is 20.9 Å². The highest BCUT2D eigenvalue weighted by atomic mass is 16.5. The Morgan fingerprint density at radius 3 is 2.31 bits per heavy atom. The maximum atomic E-state index is 12.4. The van der Waals surface area contributed by atoms with Gasteiger partial charge < -0.3 is 19.0 Å². The number of carbonyl (C=O) groups excluding carboxylic acids is 3. The number of hydrogen-bond acceptors (Lipinski definition) is 5. The summed E-state index contributed by atoms with van der Waals surface area (Å²) in [5.41, 5.74) is 0.408. The Balaban J connectivity index is 1.28. The van der Waals surface area contributed by atoms with Crippen molar-refractivity contribution in [2.45, 2.75) is 0 Å². The number of piperazine rings is 1. The molecule has 2 heterocycles. The number of benzene rings is 2. The molecule has 0 atom stereocenters. The van der Waals surface area contributed by atoms with Crippen LogP contribution in [0.3, 0.4) is 0 Å². The first kappa shape index (κ1) is 18.7. The molecule has 0 aliphatic carbocycles. The fourth-order valence-electron chi connectivity index (χ4n) is 3.33. The highest BCUT2D eigenvalue weighted by Gasteiger charge is 2.26. The Hall–Kier alpha value is -3.61. The van der Waals surface area contributed by atoms with E-state index in [1.165, 1.54) is 6.26 Å². The molecule has 2 amide bonds. The number of ether oxygens (including phenoxy) is 1. The normalized spacial score (nSPS) is 14.1. The van der Waals surface area contributed by atoms with Crippen LogP contribution in [-0.2, 0) is 9.53 Å². The molecule has 0 radical (unpaired) electrons. The van der Waals surface area contributed by atoms with Gasteiger partial charge in [-0.15, -0.1) is 0 Å². The average molecular weight is 392 g/mol. The molecule has 1 fully saturated rings. The maximum absolute atomic E-state index is 12.4. The SMILES string of the molecule is O=C(OCC(=O)N1CCN(C(=O)c2ccco2)CC1)c1ccc2ccccc2c1. The Kier molecular flexibility index (Phi) is 5.29. The molecule has 29 heavy (non-hydrogen) atoms. The summed E-state index contributed by atoms with van der Waals surface area (Å²) in [7, 11) is 0. The summed E-state index contributed by atoms with van der Waals surface area (Å²) < 4.78 is 10.3. The van der Waals surface area contributed by atoms with Crippen molar-refractivity contribution in [2.24, 2.45) is 0 Å². The number of furan rings is 1. The molecule has 0 N–H and O–H groups in total. The number of carbonyl (C=O) groups is 3. The number of esters is 1. The minimum absolute atomic E-state index is 0.190. The van der Waals surface area contributed by atoms with Crippen molar-refractivity contribution in [3.05, 3.63) is 72.2 Å². The van der Waals surface area contributed by atoms with E-state index in [0.29, 0.717) is 31.7 Å². The van der Waals surface area contributed by atoms with Gasteiger partial charge in [-0.3, -0.25) is 9.59 Å². The van der Waals surface area contributed by atoms with Crippen molar-refractivity contribution in [3.8, 4) is 0 Å². The smallest absolute Gasteiger partial charge is 0.338 e. The third-order valence-corrected chi connectivity index (χ3v) is 4.96. The lowest BCUT2D eigenvalue weighted by molar-refractivity contribution is -0.136. The van der Waals surface area contributed by atoms with Gasteiger partial charge in [0.2, 0.25) is 0 Å². The van der Waals surface area contributed by atoms with Gasteiger partial charge in [0.05, 0.1) is 11.8 Å². The lowest BCUT2D eigenvalue weighted by Crippen LogP contribution is -2.51. The quantitative estimate of drug-likeness (QED) is 0.638. The van der Waals surface area contributed by atoms with Crippen LogP contribution >= 0.6 is 0 Å². The molecule has 7 nitrogen and oxygen atoms in total. The predicted molar refractivity (Wildman–Crippen MR) is 105 cm³/mol. The van der Waals surface area contributed by atoms with Gasteiger partial charge >= 0.3 is 5.97 Å². The minimum atomic E-state index is -0.532. The van der Waals surface area contributed by atoms with E-state index >= 15 is 0 Å². The van der Waals surface area contributed by atoms with Crippen LogP contribution < -0.4 is 0 Å². The van der Waals surface area contributed by atoms with Gasteiger partial charge in [0.15, 0.2) is 12.4 Å². The van der Waals surface area contributed by atoms with E-state index in [1.54, 1.807) is 34.1 Å². The molecule has 0 bridgehead atoms. The fraction of sp³-hybridized carbons (Fsp3) is 0.227. The molecule has 1 aliphatic heterocycles. The Labute approximate surface area is 167 Å². The summed E-state index contributed by atoms with van der Waals surface area (Å²) >= 11 is 0. The standard InChI is InChI=1S/C22H20N2O5/c25-20(23-9-11-24(12-10-23)21(26)19-6-3-13-28-19)15-29-22(27)18-8-7-16-4-1-2-5-17(16)14-18/h1-8,13-14H,9-12,15H2. The zero-order chi connectivity index (χ0) is 20.2. The van der Waals surface area contributed by atoms with Gasteiger partial charge in [0, 0.05) is 26.2 Å². The summed E-state index contributed by atoms with van der Waals surface area (Å²) in [4.78, 5) is 40.2. The van der Waals surface area contributed by atoms with Gasteiger partial charge in [0.25, 0.3) is 11.8 Å². The second-order valence-corrected chi connectivity index (χ2v) is 6.79. The third-order valence-electron chi connectivity index (χ3n) is 4.96. The minimum Gasteiger partial charge on any atom is -0.459 e. The van der Waals surface area contributed by atoms with E-state index in [0.717, 1.165) is 10.8 Å². The lowest BCUT2D eigenvalue weighted by Gasteiger charge is -2.34. The van der Waals surface area contributed by atoms with Crippen LogP contribution in [0.15, 0.2) is 65.3 Å². The first-order valence-corrected chi connectivity index (χ1v) is 9.38. The van der Waals surface area contributed by atoms with Crippen molar-refractivity contribution in [1.82, 2.24) is 9.80 Å². The highest BCUT2D eigenvalue weighted by Crippen LogP contribution is 2.16. The van der Waals surface area contributed by atoms with E-state index in [4.69, 9.17) is 9.15 Å². The summed E-state index contributed by atoms with van der Waals surface area (Å²) in [5.74, 6) is -0.709. The second kappa shape index (κ2) is 8.18. The van der Waals surface area contributed by atoms with Gasteiger partial charge in [0.1, 0.15) is 0 Å². The number of fused-ring (bicyclic) bond motifs is 1. The molecule has 7 heteroatoms. The molecule has 0 spiro atoms. The van der Waals surface area contributed by atoms with Crippen LogP contribution in [0, 0.1) is 0 Å². The summed E-state index contributed by atoms with van der Waals surface area (Å²) in [6, 6.07) is 16.3. The van der Waals surface area contributed by atoms with Crippen LogP contribution in [-0.4, -0.2) is 60.4 Å². The van der Waals surface area contributed by atoms with Crippen molar-refractivity contribution < 1.29 is 23.5 Å². The number of amides is 2. The van der Waals surface area contributed by atoms with Gasteiger partial charge in [-0.05, 0) is 35.0 Å². The molecule has 1 aliphatic rings. The van der Waals surface area contributed by atoms with Crippen molar-refractivity contribution in [1.29, 1.82) is 0 Å². The molecule has 2 aromatic carbocycles. The number of nitrogens with zero attached hydrogens (tertiary/aromatic N) is 2. The molecule has 1 saturated heterocycles. The van der Waals surface area contributed by atoms with E-state index in [-0.39, 0.29) is 24.2 Å². The van der Waals surface area contributed by atoms with Crippen LogP contribution in [0.2, 0.25) is 0 Å². The fourth-order valence-corrected chi connectivity index (χ4v) is 3.33. The average Bonchev–Trinajstić information content (AvgIpc) is 3.31. The summed E-state index contributed by atoms with van der Waals surface area (Å²) in [5, 5.41) is 1.97. The number of rotatable bonds is 4. The Morgan fingerprint density at radius 1 is 0.862 bits per heavy atom. The topological polar surface area (TPSA) is 80.1 Å². The first-order valence-electron chi connectivity index (χ1n) is 9.38. The maximum Gasteiger partial charge on any atom is 0.338 e. The van der Waals surface area contributed by atoms with Crippen molar-refractivity contribution >= 4 is 28.6 Å². The number of hydrogen-bond donors (Lipinski definition) is 0. The molecule has 1 aromatic heterocycles. The molecule has 3 aromatic rings. The van der Waals surface area contributed by atoms with Crippen LogP contribution in [0.25, 0.3) is 10.8 Å². The Bertz CT molecular complexity index is 1040. The molecule has 148 valence electrons. The van der Waals surface area contributed by atoms with Gasteiger partial charge in [-0.25, -0.2) is 4.79 Å². The van der Waals surface area contributed by atoms with E-state index < -0.39 is 5.97 Å². The largest absolute Gasteiger partial charge is 0.459 e. The Morgan fingerprint density at radius 2 is 1.59 bits per heavy atom. The monoisotopic (exact) mass is 392 g/mol. The van der Waals surface area contributed by atoms with Crippen LogP contribution in [0.5, 0.6) is 0 Å². The predicted octanol–water partition coefficient (Wildman–Crippen LogP) is 2.57. The van der Waals surface area contributed by atoms with Crippen molar-refractivity contribution in [3.63, 3.8) is 0 Å². The molecule has 0 saturated carbocycles. The lowest BCUT2D eigenvalue weighted by atomic mass is 10.1. The van der Waals surface area contributed by atoms with E-state index in [1.807, 2.05) is 30.3 Å². The summed E-state index contributed by atoms with van der Waals surface area (Å²) in [6.45, 7) is 1.27. The molecule has 4 rings (SSSR count). The zero-order valence-electron chi connectivity index (χ0n) is 15.7. The first-order chi connectivity index (χ1) is 14.1. The van der Waals surface area contributed by atoms with Crippen molar-refractivity contribution in [2.75, 3.05) is 32.8 Å². The zero-order valence-corrected chi connectivity index (χ0v) is 15.7. The summed E-state index contributed by atoms with van der Waals surface area (Å²) in [6.07, 6.45) is 1.46. The highest BCUT2D eigenvalue weighted by molar-refractivity contribution is 5.96. The van der Waals surface area contributed by atoms with E-state index in [9.17, 15) is 14.4 Å². The second-order valence-electron chi connectivity index (χ2n) is 6.79. The molecular weight excluding hydrogens is 372 g/mol. The molecular formula is C22H20N2O5.